The molecule has 0 aromatic carbocycles. The molecule has 0 radical (unpaired) electrons. The van der Waals surface area contributed by atoms with Crippen molar-refractivity contribution in [3.8, 4) is 0 Å². The molecule has 0 fully saturated rings. The first-order chi connectivity index (χ1) is 1.73. The van der Waals surface area contributed by atoms with Crippen molar-refractivity contribution in [3.63, 3.8) is 0 Å². The van der Waals surface area contributed by atoms with Gasteiger partial charge in [-0.15, -0.1) is 0 Å². The summed E-state index contributed by atoms with van der Waals surface area (Å²) in [5, 5.41) is 0. The van der Waals surface area contributed by atoms with E-state index in [1.165, 1.54) is 0 Å². The second-order valence-electron chi connectivity index (χ2n) is 0.224. The van der Waals surface area contributed by atoms with Gasteiger partial charge in [0.15, 0.2) is 0 Å². The van der Waals surface area contributed by atoms with E-state index in [1.807, 2.05) is 0 Å². The van der Waals surface area contributed by atoms with Crippen molar-refractivity contribution in [3.05, 3.63) is 0 Å². The molecule has 0 aliphatic heterocycles. The van der Waals surface area contributed by atoms with Crippen molar-refractivity contribution in [2.24, 2.45) is 0 Å². The minimum atomic E-state index is -0.562. The third kappa shape index (κ3) is 36.0. The normalized spacial score (nSPS) is 5.14. The monoisotopic (exact) mass is 930 g/mol. The van der Waals surface area contributed by atoms with Crippen molar-refractivity contribution in [1.29, 1.82) is 0 Å². The fraction of sp³-hybridized carbons (Fsp3) is 0. The summed E-state index contributed by atoms with van der Waals surface area (Å²) in [5.41, 5.74) is 0. The van der Waals surface area contributed by atoms with Crippen LogP contribution in [0.1, 0.15) is 0 Å². The van der Waals surface area contributed by atoms with E-state index in [4.69, 9.17) is 0 Å². The topological polar surface area (TPSA) is 0 Å². The van der Waals surface area contributed by atoms with Crippen LogP contribution in [0, 0.1) is 0 Å². The first-order valence-corrected chi connectivity index (χ1v) is 14.8. The molecule has 0 aromatic heterocycles. The predicted molar refractivity (Wildman–Crippen MR) is 40.3 cm³/mol. The molecule has 0 saturated heterocycles. The van der Waals surface area contributed by atoms with Crippen LogP contribution in [0.2, 0.25) is 0 Å². The summed E-state index contributed by atoms with van der Waals surface area (Å²) in [7, 11) is -0.562. The zero-order chi connectivity index (χ0) is 3.58. The molecule has 0 atom stereocenters. The van der Waals surface area contributed by atoms with Gasteiger partial charge in [-0.25, -0.2) is 0 Å². The first kappa shape index (κ1) is 22.6. The van der Waals surface area contributed by atoms with Gasteiger partial charge in [-0.2, -0.15) is 0 Å². The van der Waals surface area contributed by atoms with E-state index in [0.717, 1.165) is 0 Å². The summed E-state index contributed by atoms with van der Waals surface area (Å²) in [4.78, 5) is 0. The van der Waals surface area contributed by atoms with Crippen LogP contribution in [0.15, 0.2) is 0 Å². The molecular formula is AsSe3Tl3. The van der Waals surface area contributed by atoms with Gasteiger partial charge >= 0.3 is 133 Å². The van der Waals surface area contributed by atoms with E-state index in [-0.39, 0.29) is 81.9 Å². The largest absolute Gasteiger partial charge is 1.00 e. The predicted octanol–water partition coefficient (Wildman–Crippen LogP) is -2.67. The Morgan fingerprint density at radius 3 is 0.714 bits per heavy atom. The molecule has 0 N–H and O–H groups in total. The first-order valence-electron chi connectivity index (χ1n) is 0.548. The van der Waals surface area contributed by atoms with Crippen LogP contribution in [0.4, 0.5) is 0 Å². The summed E-state index contributed by atoms with van der Waals surface area (Å²) < 4.78 is 0. The van der Waals surface area contributed by atoms with Gasteiger partial charge in [0.25, 0.3) is 0 Å². The SMILES string of the molecule is [Se-][As]([Se-])[Se-].[Tl+].[Tl+].[Tl+]. The molecule has 0 aliphatic carbocycles. The van der Waals surface area contributed by atoms with Crippen LogP contribution in [-0.4, -0.2) is 133 Å². The number of rotatable bonds is 0. The van der Waals surface area contributed by atoms with Crippen molar-refractivity contribution in [1.82, 2.24) is 0 Å². The molecule has 0 rings (SSSR count). The van der Waals surface area contributed by atoms with Gasteiger partial charge in [0.2, 0.25) is 0 Å². The number of hydrogen-bond donors (Lipinski definition) is 0. The molecule has 0 amide bonds. The van der Waals surface area contributed by atoms with Gasteiger partial charge in [-0.05, 0) is 0 Å². The maximum Gasteiger partial charge on any atom is 1.00 e. The Bertz CT molecular complexity index is 14.9. The van der Waals surface area contributed by atoms with Crippen LogP contribution in [0.3, 0.4) is 0 Å². The molecule has 32 valence electrons. The van der Waals surface area contributed by atoms with E-state index in [9.17, 15) is 0 Å². The smallest absolute Gasteiger partial charge is 1.00 e. The van der Waals surface area contributed by atoms with Crippen molar-refractivity contribution in [2.75, 3.05) is 0 Å². The van der Waals surface area contributed by atoms with Gasteiger partial charge in [0.1, 0.15) is 0 Å². The summed E-state index contributed by atoms with van der Waals surface area (Å²) >= 11 is 8.81. The minimum Gasteiger partial charge on any atom is 1.00 e. The van der Waals surface area contributed by atoms with Crippen LogP contribution in [-0.2, 0) is 0 Å². The molecule has 7 heavy (non-hydrogen) atoms. The molecule has 0 saturated carbocycles. The maximum atomic E-state index is 2.94. The van der Waals surface area contributed by atoms with Crippen LogP contribution < -0.4 is 0 Å². The van der Waals surface area contributed by atoms with E-state index in [1.54, 1.807) is 0 Å². The van der Waals surface area contributed by atoms with Gasteiger partial charge in [0.05, 0.1) is 0 Å². The van der Waals surface area contributed by atoms with Crippen LogP contribution >= 0.6 is 0 Å². The Kier molecular flexibility index (Phi) is 55.3. The molecule has 0 aliphatic rings. The molecule has 0 spiro atoms. The fourth-order valence-corrected chi connectivity index (χ4v) is 0. The molecule has 0 aromatic rings. The average Bonchev–Trinajstić information content (AvgIpc) is 0.811. The quantitative estimate of drug-likeness (QED) is 0.233. The van der Waals surface area contributed by atoms with Crippen molar-refractivity contribution < 1.29 is 0 Å². The zero-order valence-electron chi connectivity index (χ0n) is 3.40. The Balaban J connectivity index is -0.0000000150. The van der Waals surface area contributed by atoms with Crippen LogP contribution in [0.5, 0.6) is 0 Å². The van der Waals surface area contributed by atoms with E-state index in [0.29, 0.717) is 0 Å². The summed E-state index contributed by atoms with van der Waals surface area (Å²) in [6, 6.07) is 0. The summed E-state index contributed by atoms with van der Waals surface area (Å²) in [6.45, 7) is 0. The minimum absolute atomic E-state index is 0. The van der Waals surface area contributed by atoms with E-state index >= 15 is 0 Å². The molecule has 0 bridgehead atoms. The average molecular weight is 925 g/mol. The fourth-order valence-electron chi connectivity index (χ4n) is 0. The molecule has 0 unspecified atom stereocenters. The zero-order valence-corrected chi connectivity index (χ0v) is 23.9. The second kappa shape index (κ2) is 17.1. The third-order valence-electron chi connectivity index (χ3n) is 0. The molecule has 7 heteroatoms. The Morgan fingerprint density at radius 2 is 0.714 bits per heavy atom. The van der Waals surface area contributed by atoms with E-state index < -0.39 is 9.00 Å². The number of hydrogen-bond acceptors (Lipinski definition) is 0. The maximum absolute atomic E-state index is 2.94. The second-order valence-corrected chi connectivity index (χ2v) is 31.4. The van der Waals surface area contributed by atoms with Gasteiger partial charge < -0.3 is 0 Å². The summed E-state index contributed by atoms with van der Waals surface area (Å²) in [5.74, 6) is 0. The summed E-state index contributed by atoms with van der Waals surface area (Å²) in [6.07, 6.45) is 0. The Hall–Kier alpha value is 4.88. The van der Waals surface area contributed by atoms with Gasteiger partial charge in [0, 0.05) is 0 Å². The van der Waals surface area contributed by atoms with Gasteiger partial charge in [-0.1, -0.05) is 0 Å². The van der Waals surface area contributed by atoms with Crippen molar-refractivity contribution >= 4 is 133 Å². The van der Waals surface area contributed by atoms with Crippen LogP contribution in [0.25, 0.3) is 0 Å². The Morgan fingerprint density at radius 1 is 0.714 bits per heavy atom. The standard InChI is InChI=1S/AsSe3.3Tl/c2-1(3)4;;;/q-3;3*+1. The molecule has 0 nitrogen and oxygen atoms in total. The molecular weight excluding hydrogens is 925 g/mol. The van der Waals surface area contributed by atoms with E-state index in [2.05, 4.69) is 42.0 Å². The Labute approximate surface area is 129 Å². The third-order valence-corrected chi connectivity index (χ3v) is 0. The van der Waals surface area contributed by atoms with Crippen molar-refractivity contribution in [2.45, 2.75) is 0 Å². The molecule has 0 heterocycles. The van der Waals surface area contributed by atoms with Gasteiger partial charge in [-0.3, -0.25) is 0 Å².